The Morgan fingerprint density at radius 1 is 1.00 bits per heavy atom. The zero-order chi connectivity index (χ0) is 21.4. The molecule has 0 radical (unpaired) electrons. The number of hydrogen-bond acceptors (Lipinski definition) is 6. The number of aliphatic hydroxyl groups is 2. The van der Waals surface area contributed by atoms with Crippen LogP contribution in [-0.4, -0.2) is 57.4 Å². The summed E-state index contributed by atoms with van der Waals surface area (Å²) in [5.41, 5.74) is -1.90. The first-order chi connectivity index (χ1) is 12.9. The molecule has 0 amide bonds. The predicted molar refractivity (Wildman–Crippen MR) is 121 cm³/mol. The van der Waals surface area contributed by atoms with Crippen molar-refractivity contribution in [1.82, 2.24) is 0 Å². The Hall–Kier alpha value is -1.02. The van der Waals surface area contributed by atoms with E-state index in [2.05, 4.69) is 13.2 Å². The molecule has 6 atom stereocenters. The van der Waals surface area contributed by atoms with E-state index in [1.54, 1.807) is 12.2 Å². The SMILES string of the molecule is C.C.C=C[C@@H]1OC(C)(C)O[C@@H]1[C@@](O)(C=C)CC.CC[C@]1(O)C=C[C@@H]2OC(C)(C)O[C@@H]21. The van der Waals surface area contributed by atoms with Crippen molar-refractivity contribution in [2.75, 3.05) is 0 Å². The summed E-state index contributed by atoms with van der Waals surface area (Å²) in [7, 11) is 0. The van der Waals surface area contributed by atoms with Crippen LogP contribution in [0.3, 0.4) is 0 Å². The normalized spacial score (nSPS) is 36.9. The standard InChI is InChI=1S/C12H20O3.C10H16O3.2CH4/c1-6-9-10(12(13,7-2)8-3)15-11(4,5)14-9;1-4-10(11)6-5-7-8(10)13-9(2,3)12-7;;/h6-7,9-10,13H,1-2,8H2,3-5H3;5-8,11H,4H2,1-3H3;2*1H4/t9-,10-,12+;7-,8-,10-;;/m00../s1. The Balaban J connectivity index is 0.000000529. The van der Waals surface area contributed by atoms with Gasteiger partial charge in [-0.05, 0) is 40.5 Å². The molecule has 6 nitrogen and oxygen atoms in total. The molecule has 3 aliphatic rings. The van der Waals surface area contributed by atoms with Gasteiger partial charge in [0.05, 0.1) is 0 Å². The first-order valence-electron chi connectivity index (χ1n) is 9.97. The second-order valence-corrected chi connectivity index (χ2v) is 8.53. The molecule has 1 aliphatic carbocycles. The van der Waals surface area contributed by atoms with Gasteiger partial charge in [-0.1, -0.05) is 53.0 Å². The van der Waals surface area contributed by atoms with Crippen LogP contribution in [0.2, 0.25) is 0 Å². The molecule has 2 fully saturated rings. The van der Waals surface area contributed by atoms with Crippen LogP contribution in [0.5, 0.6) is 0 Å². The van der Waals surface area contributed by atoms with E-state index in [0.29, 0.717) is 12.8 Å². The van der Waals surface area contributed by atoms with E-state index in [0.717, 1.165) is 0 Å². The fraction of sp³-hybridized carbons (Fsp3) is 0.750. The molecular formula is C24H44O6. The fourth-order valence-electron chi connectivity index (χ4n) is 3.80. The van der Waals surface area contributed by atoms with Gasteiger partial charge in [0.2, 0.25) is 0 Å². The van der Waals surface area contributed by atoms with Gasteiger partial charge in [-0.2, -0.15) is 0 Å². The van der Waals surface area contributed by atoms with Crippen molar-refractivity contribution in [3.05, 3.63) is 37.5 Å². The number of rotatable bonds is 5. The van der Waals surface area contributed by atoms with Crippen LogP contribution in [-0.2, 0) is 18.9 Å². The van der Waals surface area contributed by atoms with Crippen molar-refractivity contribution < 1.29 is 29.2 Å². The molecule has 0 unspecified atom stereocenters. The maximum atomic E-state index is 10.3. The van der Waals surface area contributed by atoms with Gasteiger partial charge in [-0.15, -0.1) is 13.2 Å². The van der Waals surface area contributed by atoms with Crippen LogP contribution < -0.4 is 0 Å². The Morgan fingerprint density at radius 2 is 1.57 bits per heavy atom. The molecule has 176 valence electrons. The lowest BCUT2D eigenvalue weighted by molar-refractivity contribution is -0.164. The van der Waals surface area contributed by atoms with Crippen LogP contribution >= 0.6 is 0 Å². The van der Waals surface area contributed by atoms with E-state index < -0.39 is 28.9 Å². The summed E-state index contributed by atoms with van der Waals surface area (Å²) >= 11 is 0. The van der Waals surface area contributed by atoms with Gasteiger partial charge in [-0.3, -0.25) is 0 Å². The minimum atomic E-state index is -1.06. The first kappa shape index (κ1) is 29.0. The van der Waals surface area contributed by atoms with Crippen LogP contribution in [0.25, 0.3) is 0 Å². The highest BCUT2D eigenvalue weighted by Crippen LogP contribution is 2.41. The van der Waals surface area contributed by atoms with Gasteiger partial charge in [0.15, 0.2) is 11.6 Å². The summed E-state index contributed by atoms with van der Waals surface area (Å²) < 4.78 is 22.5. The first-order valence-corrected chi connectivity index (χ1v) is 9.97. The fourth-order valence-corrected chi connectivity index (χ4v) is 3.80. The van der Waals surface area contributed by atoms with E-state index in [4.69, 9.17) is 18.9 Å². The van der Waals surface area contributed by atoms with Crippen molar-refractivity contribution in [2.24, 2.45) is 0 Å². The number of ether oxygens (including phenoxy) is 4. The zero-order valence-corrected chi connectivity index (χ0v) is 18.0. The summed E-state index contributed by atoms with van der Waals surface area (Å²) in [5, 5.41) is 20.4. The molecule has 0 spiro atoms. The highest BCUT2D eigenvalue weighted by Gasteiger charge is 2.52. The summed E-state index contributed by atoms with van der Waals surface area (Å²) in [5.74, 6) is -1.25. The Bertz CT molecular complexity index is 613. The van der Waals surface area contributed by atoms with Gasteiger partial charge in [0.1, 0.15) is 35.6 Å². The molecule has 2 aliphatic heterocycles. The van der Waals surface area contributed by atoms with E-state index in [1.807, 2.05) is 47.6 Å². The smallest absolute Gasteiger partial charge is 0.164 e. The second-order valence-electron chi connectivity index (χ2n) is 8.53. The summed E-state index contributed by atoms with van der Waals surface area (Å²) in [4.78, 5) is 0. The van der Waals surface area contributed by atoms with Gasteiger partial charge in [0.25, 0.3) is 0 Å². The maximum absolute atomic E-state index is 10.3. The van der Waals surface area contributed by atoms with Gasteiger partial charge >= 0.3 is 0 Å². The molecule has 0 bridgehead atoms. The third-order valence-corrected chi connectivity index (χ3v) is 5.54. The van der Waals surface area contributed by atoms with E-state index in [1.165, 1.54) is 6.08 Å². The number of hydrogen-bond donors (Lipinski definition) is 2. The molecule has 2 N–H and O–H groups in total. The molecule has 3 rings (SSSR count). The average molecular weight is 429 g/mol. The van der Waals surface area contributed by atoms with E-state index in [-0.39, 0.29) is 33.2 Å². The lowest BCUT2D eigenvalue weighted by Gasteiger charge is -2.31. The maximum Gasteiger partial charge on any atom is 0.164 e. The van der Waals surface area contributed by atoms with Crippen LogP contribution in [0.15, 0.2) is 37.5 Å². The molecule has 6 heteroatoms. The Kier molecular flexibility index (Phi) is 9.72. The molecular weight excluding hydrogens is 384 g/mol. The van der Waals surface area contributed by atoms with Crippen molar-refractivity contribution in [3.63, 3.8) is 0 Å². The average Bonchev–Trinajstić information content (AvgIpc) is 3.24. The zero-order valence-electron chi connectivity index (χ0n) is 18.0. The van der Waals surface area contributed by atoms with E-state index >= 15 is 0 Å². The van der Waals surface area contributed by atoms with Crippen LogP contribution in [0.1, 0.15) is 69.2 Å². The van der Waals surface area contributed by atoms with Gasteiger partial charge in [-0.25, -0.2) is 0 Å². The highest BCUT2D eigenvalue weighted by atomic mass is 16.8. The van der Waals surface area contributed by atoms with Crippen molar-refractivity contribution in [3.8, 4) is 0 Å². The van der Waals surface area contributed by atoms with E-state index in [9.17, 15) is 10.2 Å². The monoisotopic (exact) mass is 428 g/mol. The summed E-state index contributed by atoms with van der Waals surface area (Å²) in [6, 6.07) is 0. The third kappa shape index (κ3) is 5.81. The molecule has 2 saturated heterocycles. The molecule has 0 aromatic rings. The van der Waals surface area contributed by atoms with Crippen LogP contribution in [0, 0.1) is 0 Å². The second kappa shape index (κ2) is 10.1. The van der Waals surface area contributed by atoms with Crippen LogP contribution in [0.4, 0.5) is 0 Å². The van der Waals surface area contributed by atoms with Gasteiger partial charge < -0.3 is 29.2 Å². The molecule has 30 heavy (non-hydrogen) atoms. The van der Waals surface area contributed by atoms with Crippen molar-refractivity contribution in [2.45, 2.75) is 116 Å². The molecule has 0 aromatic carbocycles. The minimum Gasteiger partial charge on any atom is -0.383 e. The van der Waals surface area contributed by atoms with Crippen molar-refractivity contribution >= 4 is 0 Å². The summed E-state index contributed by atoms with van der Waals surface area (Å²) in [6.07, 6.45) is 6.99. The number of fused-ring (bicyclic) bond motifs is 1. The van der Waals surface area contributed by atoms with Gasteiger partial charge in [0, 0.05) is 0 Å². The topological polar surface area (TPSA) is 77.4 Å². The third-order valence-electron chi connectivity index (χ3n) is 5.54. The highest BCUT2D eigenvalue weighted by molar-refractivity contribution is 5.21. The molecule has 0 saturated carbocycles. The summed E-state index contributed by atoms with van der Waals surface area (Å²) in [6.45, 7) is 18.6. The Labute approximate surface area is 183 Å². The molecule has 0 aromatic heterocycles. The largest absolute Gasteiger partial charge is 0.383 e. The predicted octanol–water partition coefficient (Wildman–Crippen LogP) is 4.51. The quantitative estimate of drug-likeness (QED) is 0.628. The molecule has 2 heterocycles. The Morgan fingerprint density at radius 3 is 2.03 bits per heavy atom. The minimum absolute atomic E-state index is 0. The lowest BCUT2D eigenvalue weighted by atomic mass is 9.90. The van der Waals surface area contributed by atoms with Crippen molar-refractivity contribution in [1.29, 1.82) is 0 Å². The lowest BCUT2D eigenvalue weighted by Crippen LogP contribution is -2.45.